The highest BCUT2D eigenvalue weighted by molar-refractivity contribution is 5.82. The molecule has 0 radical (unpaired) electrons. The first-order valence-corrected chi connectivity index (χ1v) is 8.93. The molecular weight excluding hydrogens is 357 g/mol. The number of hydrogen-bond donors (Lipinski definition) is 2. The van der Waals surface area contributed by atoms with Crippen LogP contribution in [-0.4, -0.2) is 19.9 Å². The predicted molar refractivity (Wildman–Crippen MR) is 107 cm³/mol. The Morgan fingerprint density at radius 3 is 2.57 bits per heavy atom. The summed E-state index contributed by atoms with van der Waals surface area (Å²) in [5.41, 5.74) is 3.60. The van der Waals surface area contributed by atoms with Gasteiger partial charge in [0.2, 0.25) is 11.9 Å². The Morgan fingerprint density at radius 2 is 1.82 bits per heavy atom. The number of H-pyrrole nitrogens is 1. The van der Waals surface area contributed by atoms with Crippen LogP contribution in [0.4, 0.5) is 16.3 Å². The minimum Gasteiger partial charge on any atom is -0.294 e. The molecule has 2 heterocycles. The van der Waals surface area contributed by atoms with E-state index >= 15 is 0 Å². The van der Waals surface area contributed by atoms with Crippen molar-refractivity contribution in [3.05, 3.63) is 76.0 Å². The quantitative estimate of drug-likeness (QED) is 0.560. The summed E-state index contributed by atoms with van der Waals surface area (Å²) < 4.78 is 13.1. The van der Waals surface area contributed by atoms with Crippen molar-refractivity contribution in [2.24, 2.45) is 0 Å². The summed E-state index contributed by atoms with van der Waals surface area (Å²) in [7, 11) is 0. The summed E-state index contributed by atoms with van der Waals surface area (Å²) in [5.74, 6) is 0.211. The van der Waals surface area contributed by atoms with Crippen molar-refractivity contribution in [2.45, 2.75) is 20.3 Å². The van der Waals surface area contributed by atoms with Crippen LogP contribution in [0.5, 0.6) is 0 Å². The second-order valence-electron chi connectivity index (χ2n) is 6.45. The van der Waals surface area contributed by atoms with Gasteiger partial charge in [0.15, 0.2) is 0 Å². The highest BCUT2D eigenvalue weighted by Gasteiger charge is 2.09. The monoisotopic (exact) mass is 375 g/mol. The lowest BCUT2D eigenvalue weighted by molar-refractivity contribution is 0.628. The number of aromatic amines is 1. The molecule has 0 aliphatic rings. The van der Waals surface area contributed by atoms with Crippen molar-refractivity contribution >= 4 is 22.8 Å². The second-order valence-corrected chi connectivity index (χ2v) is 6.45. The number of nitrogens with zero attached hydrogens (tertiary/aromatic N) is 3. The fraction of sp³-hybridized carbons (Fsp3) is 0.143. The summed E-state index contributed by atoms with van der Waals surface area (Å²) in [6, 6.07) is 13.2. The Hall–Kier alpha value is -3.61. The maximum Gasteiger partial charge on any atom is 0.252 e. The van der Waals surface area contributed by atoms with Crippen LogP contribution in [-0.2, 0) is 6.42 Å². The van der Waals surface area contributed by atoms with Crippen LogP contribution in [0.1, 0.15) is 18.2 Å². The Kier molecular flexibility index (Phi) is 4.57. The third-order valence-electron chi connectivity index (χ3n) is 4.47. The van der Waals surface area contributed by atoms with Gasteiger partial charge in [-0.1, -0.05) is 13.0 Å². The number of fused-ring (bicyclic) bond motifs is 1. The van der Waals surface area contributed by atoms with Crippen molar-refractivity contribution in [3.63, 3.8) is 0 Å². The Morgan fingerprint density at radius 1 is 1.04 bits per heavy atom. The molecule has 0 saturated heterocycles. The van der Waals surface area contributed by atoms with Gasteiger partial charge in [-0.15, -0.1) is 0 Å². The topological polar surface area (TPSA) is 83.6 Å². The maximum atomic E-state index is 13.1. The molecule has 4 rings (SSSR count). The molecule has 140 valence electrons. The van der Waals surface area contributed by atoms with Gasteiger partial charge in [0.1, 0.15) is 5.82 Å². The highest BCUT2D eigenvalue weighted by atomic mass is 19.1. The largest absolute Gasteiger partial charge is 0.294 e. The van der Waals surface area contributed by atoms with Gasteiger partial charge >= 0.3 is 0 Å². The molecular formula is C21H18FN5O. The molecule has 0 atom stereocenters. The lowest BCUT2D eigenvalue weighted by atomic mass is 10.1. The van der Waals surface area contributed by atoms with E-state index in [0.29, 0.717) is 17.2 Å². The number of benzene rings is 2. The van der Waals surface area contributed by atoms with E-state index in [9.17, 15) is 9.18 Å². The van der Waals surface area contributed by atoms with Crippen LogP contribution in [0, 0.1) is 12.7 Å². The number of rotatable bonds is 4. The van der Waals surface area contributed by atoms with Crippen molar-refractivity contribution in [3.8, 4) is 11.3 Å². The molecule has 28 heavy (non-hydrogen) atoms. The third kappa shape index (κ3) is 3.59. The number of halogens is 1. The minimum atomic E-state index is -0.349. The second kappa shape index (κ2) is 7.19. The summed E-state index contributed by atoms with van der Waals surface area (Å²) in [4.78, 5) is 28.1. The normalized spacial score (nSPS) is 11.0. The molecule has 6 nitrogen and oxygen atoms in total. The molecule has 0 fully saturated rings. The molecule has 0 amide bonds. The first kappa shape index (κ1) is 17.8. The van der Waals surface area contributed by atoms with Gasteiger partial charge in [-0.05, 0) is 55.3 Å². The molecule has 0 spiro atoms. The van der Waals surface area contributed by atoms with Crippen LogP contribution in [0.25, 0.3) is 22.2 Å². The molecule has 2 aromatic heterocycles. The van der Waals surface area contributed by atoms with Crippen LogP contribution in [0.15, 0.2) is 53.3 Å². The van der Waals surface area contributed by atoms with Crippen LogP contribution in [0.2, 0.25) is 0 Å². The van der Waals surface area contributed by atoms with Crippen molar-refractivity contribution in [1.82, 2.24) is 19.9 Å². The molecule has 0 aliphatic heterocycles. The van der Waals surface area contributed by atoms with Crippen LogP contribution < -0.4 is 10.9 Å². The van der Waals surface area contributed by atoms with Gasteiger partial charge in [-0.25, -0.2) is 19.3 Å². The number of nitrogens with one attached hydrogen (secondary N) is 2. The first-order chi connectivity index (χ1) is 13.5. The van der Waals surface area contributed by atoms with Crippen molar-refractivity contribution < 1.29 is 4.39 Å². The zero-order valence-electron chi connectivity index (χ0n) is 15.5. The van der Waals surface area contributed by atoms with E-state index in [1.54, 1.807) is 12.1 Å². The van der Waals surface area contributed by atoms with E-state index in [1.165, 1.54) is 23.8 Å². The molecule has 0 saturated carbocycles. The highest BCUT2D eigenvalue weighted by Crippen LogP contribution is 2.21. The molecule has 0 aliphatic carbocycles. The molecule has 7 heteroatoms. The Bertz CT molecular complexity index is 1220. The predicted octanol–water partition coefficient (Wildman–Crippen LogP) is 4.13. The molecule has 0 unspecified atom stereocenters. The smallest absolute Gasteiger partial charge is 0.252 e. The molecule has 2 aromatic carbocycles. The van der Waals surface area contributed by atoms with E-state index in [-0.39, 0.29) is 17.3 Å². The van der Waals surface area contributed by atoms with Gasteiger partial charge < -0.3 is 0 Å². The molecule has 0 bridgehead atoms. The lowest BCUT2D eigenvalue weighted by Gasteiger charge is -2.09. The summed E-state index contributed by atoms with van der Waals surface area (Å²) >= 11 is 0. The van der Waals surface area contributed by atoms with Crippen LogP contribution >= 0.6 is 0 Å². The van der Waals surface area contributed by atoms with E-state index in [1.807, 2.05) is 19.1 Å². The van der Waals surface area contributed by atoms with Gasteiger partial charge in [-0.3, -0.25) is 15.1 Å². The standard InChI is InChI=1S/C21H18FN5O/c1-3-13-4-9-17-16(10-13)12(2)23-20(24-17)27-21-25-18(11-19(28)26-21)14-5-7-15(22)8-6-14/h4-11H,3H2,1-2H3,(H2,23,24,25,26,27,28). The lowest BCUT2D eigenvalue weighted by Crippen LogP contribution is -2.12. The Balaban J connectivity index is 1.71. The van der Waals surface area contributed by atoms with Gasteiger partial charge in [0, 0.05) is 17.0 Å². The van der Waals surface area contributed by atoms with E-state index in [0.717, 1.165) is 23.0 Å². The van der Waals surface area contributed by atoms with Crippen molar-refractivity contribution in [1.29, 1.82) is 0 Å². The van der Waals surface area contributed by atoms with Gasteiger partial charge in [0.25, 0.3) is 5.56 Å². The number of hydrogen-bond acceptors (Lipinski definition) is 5. The summed E-state index contributed by atoms with van der Waals surface area (Å²) in [6.45, 7) is 4.02. The average molecular weight is 375 g/mol. The zero-order valence-corrected chi connectivity index (χ0v) is 15.5. The zero-order chi connectivity index (χ0) is 19.7. The average Bonchev–Trinajstić information content (AvgIpc) is 2.68. The molecule has 4 aromatic rings. The van der Waals surface area contributed by atoms with Crippen molar-refractivity contribution in [2.75, 3.05) is 5.32 Å². The SMILES string of the molecule is CCc1ccc2nc(Nc3nc(-c4ccc(F)cc4)cc(=O)[nH]3)nc(C)c2c1. The van der Waals surface area contributed by atoms with E-state index in [2.05, 4.69) is 38.2 Å². The fourth-order valence-corrected chi connectivity index (χ4v) is 3.00. The third-order valence-corrected chi connectivity index (χ3v) is 4.47. The Labute approximate surface area is 160 Å². The first-order valence-electron chi connectivity index (χ1n) is 8.93. The van der Waals surface area contributed by atoms with E-state index < -0.39 is 0 Å². The number of aryl methyl sites for hydroxylation is 2. The van der Waals surface area contributed by atoms with Gasteiger partial charge in [-0.2, -0.15) is 0 Å². The van der Waals surface area contributed by atoms with Crippen LogP contribution in [0.3, 0.4) is 0 Å². The van der Waals surface area contributed by atoms with Gasteiger partial charge in [0.05, 0.1) is 16.9 Å². The van der Waals surface area contributed by atoms with E-state index in [4.69, 9.17) is 0 Å². The minimum absolute atomic E-state index is 0.218. The summed E-state index contributed by atoms with van der Waals surface area (Å²) in [5, 5.41) is 3.96. The number of aromatic nitrogens is 4. The number of anilines is 2. The maximum absolute atomic E-state index is 13.1. The summed E-state index contributed by atoms with van der Waals surface area (Å²) in [6.07, 6.45) is 0.941. The molecule has 2 N–H and O–H groups in total. The fourth-order valence-electron chi connectivity index (χ4n) is 3.00.